The van der Waals surface area contributed by atoms with E-state index in [4.69, 9.17) is 9.47 Å². The lowest BCUT2D eigenvalue weighted by molar-refractivity contribution is -0.134. The predicted octanol–water partition coefficient (Wildman–Crippen LogP) is 0.904. The van der Waals surface area contributed by atoms with E-state index < -0.39 is 6.09 Å². The highest BCUT2D eigenvalue weighted by atomic mass is 16.6. The minimum absolute atomic E-state index is 0.0226. The zero-order valence-electron chi connectivity index (χ0n) is 12.3. The quantitative estimate of drug-likeness (QED) is 0.826. The second-order valence-electron chi connectivity index (χ2n) is 5.44. The van der Waals surface area contributed by atoms with Crippen LogP contribution in [-0.2, 0) is 9.53 Å². The molecule has 3 rings (SSSR count). The summed E-state index contributed by atoms with van der Waals surface area (Å²) in [5.74, 6) is 0.708. The van der Waals surface area contributed by atoms with Crippen LogP contribution < -0.4 is 4.74 Å². The van der Waals surface area contributed by atoms with E-state index in [1.165, 1.54) is 4.90 Å². The molecule has 1 aromatic rings. The number of likely N-dealkylation sites (tertiary alicyclic amines) is 1. The number of hydrogen-bond donors (Lipinski definition) is 0. The summed E-state index contributed by atoms with van der Waals surface area (Å²) in [6.07, 6.45) is 4.74. The molecule has 0 N–H and O–H groups in total. The van der Waals surface area contributed by atoms with Gasteiger partial charge in [0, 0.05) is 18.9 Å². The highest BCUT2D eigenvalue weighted by Crippen LogP contribution is 2.18. The molecule has 0 saturated carbocycles. The van der Waals surface area contributed by atoms with Crippen LogP contribution in [0.25, 0.3) is 0 Å². The molecule has 0 spiro atoms. The summed E-state index contributed by atoms with van der Waals surface area (Å²) in [5.41, 5.74) is 0. The Morgan fingerprint density at radius 2 is 2.18 bits per heavy atom. The third-order valence-electron chi connectivity index (χ3n) is 3.85. The number of amides is 2. The topological polar surface area (TPSA) is 72.0 Å². The third-order valence-corrected chi connectivity index (χ3v) is 3.85. The molecule has 0 aliphatic carbocycles. The number of cyclic esters (lactones) is 1. The molecule has 2 amide bonds. The van der Waals surface area contributed by atoms with Crippen molar-refractivity contribution in [2.45, 2.75) is 18.9 Å². The summed E-state index contributed by atoms with van der Waals surface area (Å²) in [6, 6.07) is 3.61. The Balaban J connectivity index is 1.53. The summed E-state index contributed by atoms with van der Waals surface area (Å²) in [5, 5.41) is 0. The van der Waals surface area contributed by atoms with Crippen LogP contribution in [-0.4, -0.2) is 65.7 Å². The molecule has 0 bridgehead atoms. The normalized spacial score (nSPS) is 21.6. The maximum atomic E-state index is 12.3. The Labute approximate surface area is 128 Å². The standard InChI is InChI=1S/C15H19N3O4/c19-14(11-18-8-9-21-15(18)20)17-7-1-2-13(10-17)22-12-3-5-16-6-4-12/h3-6,13H,1-2,7-11H2. The highest BCUT2D eigenvalue weighted by molar-refractivity contribution is 5.83. The van der Waals surface area contributed by atoms with Gasteiger partial charge in [0.1, 0.15) is 25.0 Å². The Hall–Kier alpha value is -2.31. The third kappa shape index (κ3) is 3.47. The molecule has 118 valence electrons. The number of nitrogens with zero attached hydrogens (tertiary/aromatic N) is 3. The summed E-state index contributed by atoms with van der Waals surface area (Å²) in [6.45, 7) is 2.18. The van der Waals surface area contributed by atoms with E-state index in [9.17, 15) is 9.59 Å². The molecule has 1 aromatic heterocycles. The molecule has 22 heavy (non-hydrogen) atoms. The van der Waals surface area contributed by atoms with Crippen LogP contribution in [0.5, 0.6) is 5.75 Å². The van der Waals surface area contributed by atoms with E-state index in [1.807, 2.05) is 0 Å². The van der Waals surface area contributed by atoms with Crippen molar-refractivity contribution in [2.24, 2.45) is 0 Å². The lowest BCUT2D eigenvalue weighted by Crippen LogP contribution is -2.48. The fourth-order valence-corrected chi connectivity index (χ4v) is 2.70. The first-order valence-corrected chi connectivity index (χ1v) is 7.48. The monoisotopic (exact) mass is 305 g/mol. The first-order chi connectivity index (χ1) is 10.7. The number of pyridine rings is 1. The number of ether oxygens (including phenoxy) is 2. The maximum Gasteiger partial charge on any atom is 0.410 e. The SMILES string of the molecule is O=C(CN1CCOC1=O)N1CCCC(Oc2ccncc2)C1. The average molecular weight is 305 g/mol. The van der Waals surface area contributed by atoms with Gasteiger partial charge >= 0.3 is 6.09 Å². The van der Waals surface area contributed by atoms with Crippen molar-refractivity contribution in [2.75, 3.05) is 32.8 Å². The van der Waals surface area contributed by atoms with Gasteiger partial charge in [0.15, 0.2) is 0 Å². The van der Waals surface area contributed by atoms with Crippen LogP contribution in [0.1, 0.15) is 12.8 Å². The summed E-state index contributed by atoms with van der Waals surface area (Å²) in [4.78, 5) is 30.9. The van der Waals surface area contributed by atoms with Crippen molar-refractivity contribution < 1.29 is 19.1 Å². The van der Waals surface area contributed by atoms with Gasteiger partial charge < -0.3 is 14.4 Å². The molecule has 2 aliphatic heterocycles. The Morgan fingerprint density at radius 1 is 1.36 bits per heavy atom. The van der Waals surface area contributed by atoms with Crippen LogP contribution in [0.15, 0.2) is 24.5 Å². The van der Waals surface area contributed by atoms with Crippen molar-refractivity contribution in [3.8, 4) is 5.75 Å². The van der Waals surface area contributed by atoms with Crippen LogP contribution in [0, 0.1) is 0 Å². The molecular formula is C15H19N3O4. The Morgan fingerprint density at radius 3 is 2.91 bits per heavy atom. The fourth-order valence-electron chi connectivity index (χ4n) is 2.70. The van der Waals surface area contributed by atoms with Crippen LogP contribution in [0.2, 0.25) is 0 Å². The van der Waals surface area contributed by atoms with Crippen LogP contribution in [0.3, 0.4) is 0 Å². The number of piperidine rings is 1. The highest BCUT2D eigenvalue weighted by Gasteiger charge is 2.29. The number of hydrogen-bond acceptors (Lipinski definition) is 5. The molecule has 2 fully saturated rings. The molecule has 1 unspecified atom stereocenters. The second kappa shape index (κ2) is 6.64. The lowest BCUT2D eigenvalue weighted by atomic mass is 10.1. The van der Waals surface area contributed by atoms with Crippen molar-refractivity contribution in [1.82, 2.24) is 14.8 Å². The molecule has 1 atom stereocenters. The number of rotatable bonds is 4. The van der Waals surface area contributed by atoms with Gasteiger partial charge in [0.25, 0.3) is 0 Å². The largest absolute Gasteiger partial charge is 0.488 e. The smallest absolute Gasteiger partial charge is 0.410 e. The number of aromatic nitrogens is 1. The van der Waals surface area contributed by atoms with Crippen molar-refractivity contribution in [3.05, 3.63) is 24.5 Å². The van der Waals surface area contributed by atoms with E-state index in [0.29, 0.717) is 26.2 Å². The molecular weight excluding hydrogens is 286 g/mol. The van der Waals surface area contributed by atoms with Gasteiger partial charge in [-0.3, -0.25) is 14.7 Å². The molecule has 2 aliphatic rings. The lowest BCUT2D eigenvalue weighted by Gasteiger charge is -2.33. The molecule has 2 saturated heterocycles. The van der Waals surface area contributed by atoms with Crippen molar-refractivity contribution in [1.29, 1.82) is 0 Å². The van der Waals surface area contributed by atoms with E-state index in [2.05, 4.69) is 4.98 Å². The summed E-state index contributed by atoms with van der Waals surface area (Å²) >= 11 is 0. The number of carbonyl (C=O) groups is 2. The van der Waals surface area contributed by atoms with E-state index in [1.54, 1.807) is 29.4 Å². The minimum Gasteiger partial charge on any atom is -0.488 e. The first-order valence-electron chi connectivity index (χ1n) is 7.48. The zero-order valence-corrected chi connectivity index (χ0v) is 12.3. The van der Waals surface area contributed by atoms with E-state index in [-0.39, 0.29) is 18.6 Å². The Bertz CT molecular complexity index is 537. The van der Waals surface area contributed by atoms with Crippen molar-refractivity contribution in [3.63, 3.8) is 0 Å². The molecule has 7 nitrogen and oxygen atoms in total. The zero-order chi connectivity index (χ0) is 15.4. The van der Waals surface area contributed by atoms with Gasteiger partial charge in [-0.25, -0.2) is 4.79 Å². The van der Waals surface area contributed by atoms with Gasteiger partial charge in [0.05, 0.1) is 13.1 Å². The minimum atomic E-state index is -0.407. The van der Waals surface area contributed by atoms with E-state index >= 15 is 0 Å². The summed E-state index contributed by atoms with van der Waals surface area (Å²) < 4.78 is 10.7. The molecule has 0 aromatic carbocycles. The van der Waals surface area contributed by atoms with Gasteiger partial charge in [-0.1, -0.05) is 0 Å². The predicted molar refractivity (Wildman–Crippen MR) is 77.4 cm³/mol. The second-order valence-corrected chi connectivity index (χ2v) is 5.44. The van der Waals surface area contributed by atoms with Crippen LogP contribution >= 0.6 is 0 Å². The number of carbonyl (C=O) groups excluding carboxylic acids is 2. The maximum absolute atomic E-state index is 12.3. The van der Waals surface area contributed by atoms with Gasteiger partial charge in [-0.2, -0.15) is 0 Å². The van der Waals surface area contributed by atoms with Gasteiger partial charge in [-0.05, 0) is 25.0 Å². The van der Waals surface area contributed by atoms with Crippen LogP contribution in [0.4, 0.5) is 4.79 Å². The molecule has 3 heterocycles. The molecule has 7 heteroatoms. The fraction of sp³-hybridized carbons (Fsp3) is 0.533. The van der Waals surface area contributed by atoms with Gasteiger partial charge in [-0.15, -0.1) is 0 Å². The van der Waals surface area contributed by atoms with E-state index in [0.717, 1.165) is 18.6 Å². The summed E-state index contributed by atoms with van der Waals surface area (Å²) in [7, 11) is 0. The Kier molecular flexibility index (Phi) is 4.41. The van der Waals surface area contributed by atoms with Gasteiger partial charge in [0.2, 0.25) is 5.91 Å². The van der Waals surface area contributed by atoms with Crippen molar-refractivity contribution >= 4 is 12.0 Å². The molecule has 0 radical (unpaired) electrons. The average Bonchev–Trinajstić information content (AvgIpc) is 2.94. The first kappa shape index (κ1) is 14.6.